The highest BCUT2D eigenvalue weighted by molar-refractivity contribution is 6.09. The third-order valence-corrected chi connectivity index (χ3v) is 6.40. The summed E-state index contributed by atoms with van der Waals surface area (Å²) in [5.41, 5.74) is 2.40. The van der Waals surface area contributed by atoms with Gasteiger partial charge in [-0.3, -0.25) is 14.6 Å². The van der Waals surface area contributed by atoms with E-state index in [9.17, 15) is 14.4 Å². The maximum absolute atomic E-state index is 13.2. The number of ketones is 1. The number of carbonyl (C=O) groups is 2. The molecule has 2 unspecified atom stereocenters. The van der Waals surface area contributed by atoms with Gasteiger partial charge in [-0.2, -0.15) is 0 Å². The number of allylic oxidation sites excluding steroid dienone is 1. The van der Waals surface area contributed by atoms with Crippen molar-refractivity contribution in [2.24, 2.45) is 16.8 Å². The molecule has 1 saturated carbocycles. The Labute approximate surface area is 181 Å². The van der Waals surface area contributed by atoms with E-state index in [0.29, 0.717) is 51.8 Å². The SMILES string of the molecule is CC(=O)C1C(C)=NC(C)=C(C(=O)OCC2CCC2)C1c1cccc2c(=O)cc(C)oc12. The van der Waals surface area contributed by atoms with Crippen molar-refractivity contribution >= 4 is 28.4 Å². The first-order chi connectivity index (χ1) is 14.8. The molecule has 6 heteroatoms. The first-order valence-corrected chi connectivity index (χ1v) is 10.7. The average Bonchev–Trinajstić information content (AvgIpc) is 2.65. The van der Waals surface area contributed by atoms with Gasteiger partial charge in [-0.05, 0) is 52.5 Å². The number of aliphatic imine (C=N–C) groups is 1. The van der Waals surface area contributed by atoms with E-state index in [2.05, 4.69) is 4.99 Å². The van der Waals surface area contributed by atoms with Crippen LogP contribution in [0.4, 0.5) is 0 Å². The van der Waals surface area contributed by atoms with E-state index in [1.54, 1.807) is 32.9 Å². The summed E-state index contributed by atoms with van der Waals surface area (Å²) in [6, 6.07) is 6.71. The Morgan fingerprint density at radius 3 is 2.58 bits per heavy atom. The third-order valence-electron chi connectivity index (χ3n) is 6.40. The molecule has 4 rings (SSSR count). The van der Waals surface area contributed by atoms with Crippen LogP contribution in [0.15, 0.2) is 49.7 Å². The van der Waals surface area contributed by atoms with Gasteiger partial charge in [-0.1, -0.05) is 18.6 Å². The van der Waals surface area contributed by atoms with E-state index in [0.717, 1.165) is 19.3 Å². The van der Waals surface area contributed by atoms with Crippen molar-refractivity contribution in [3.05, 3.63) is 57.1 Å². The smallest absolute Gasteiger partial charge is 0.336 e. The predicted molar refractivity (Wildman–Crippen MR) is 118 cm³/mol. The molecule has 162 valence electrons. The van der Waals surface area contributed by atoms with Gasteiger partial charge in [0, 0.05) is 29.0 Å². The molecular weight excluding hydrogens is 394 g/mol. The second kappa shape index (κ2) is 8.25. The van der Waals surface area contributed by atoms with Crippen molar-refractivity contribution in [3.63, 3.8) is 0 Å². The number of hydrogen-bond acceptors (Lipinski definition) is 6. The minimum absolute atomic E-state index is 0.102. The largest absolute Gasteiger partial charge is 0.462 e. The van der Waals surface area contributed by atoms with Crippen molar-refractivity contribution < 1.29 is 18.7 Å². The first kappa shape index (κ1) is 21.2. The summed E-state index contributed by atoms with van der Waals surface area (Å²) < 4.78 is 11.6. The molecule has 0 saturated heterocycles. The predicted octanol–water partition coefficient (Wildman–Crippen LogP) is 4.48. The van der Waals surface area contributed by atoms with Gasteiger partial charge >= 0.3 is 5.97 Å². The number of para-hydroxylation sites is 1. The van der Waals surface area contributed by atoms with Crippen LogP contribution in [0.3, 0.4) is 0 Å². The van der Waals surface area contributed by atoms with Gasteiger partial charge in [-0.15, -0.1) is 0 Å². The number of rotatable bonds is 5. The number of aryl methyl sites for hydroxylation is 1. The molecule has 0 radical (unpaired) electrons. The molecule has 2 aliphatic rings. The molecule has 0 N–H and O–H groups in total. The van der Waals surface area contributed by atoms with Gasteiger partial charge in [0.1, 0.15) is 17.1 Å². The molecule has 0 spiro atoms. The molecule has 2 heterocycles. The Morgan fingerprint density at radius 2 is 1.94 bits per heavy atom. The van der Waals surface area contributed by atoms with E-state index in [-0.39, 0.29) is 11.2 Å². The Balaban J connectivity index is 1.88. The molecule has 2 aromatic rings. The zero-order valence-electron chi connectivity index (χ0n) is 18.4. The number of carbonyl (C=O) groups excluding carboxylic acids is 2. The van der Waals surface area contributed by atoms with Crippen LogP contribution in [-0.4, -0.2) is 24.1 Å². The van der Waals surface area contributed by atoms with Crippen LogP contribution in [0, 0.1) is 18.8 Å². The lowest BCUT2D eigenvalue weighted by molar-refractivity contribution is -0.141. The topological polar surface area (TPSA) is 85.9 Å². The number of esters is 1. The summed E-state index contributed by atoms with van der Waals surface area (Å²) in [7, 11) is 0. The molecule has 0 bridgehead atoms. The molecule has 1 fully saturated rings. The number of fused-ring (bicyclic) bond motifs is 1. The van der Waals surface area contributed by atoms with Crippen LogP contribution in [0.1, 0.15) is 57.3 Å². The minimum Gasteiger partial charge on any atom is -0.462 e. The number of nitrogens with zero attached hydrogens (tertiary/aromatic N) is 1. The second-order valence-corrected chi connectivity index (χ2v) is 8.66. The maximum Gasteiger partial charge on any atom is 0.336 e. The molecule has 6 nitrogen and oxygen atoms in total. The van der Waals surface area contributed by atoms with Crippen molar-refractivity contribution in [3.8, 4) is 0 Å². The summed E-state index contributed by atoms with van der Waals surface area (Å²) in [4.78, 5) is 43.0. The fourth-order valence-electron chi connectivity index (χ4n) is 4.66. The molecule has 2 atom stereocenters. The normalized spacial score (nSPS) is 21.6. The number of benzene rings is 1. The Hall–Kier alpha value is -3.02. The Morgan fingerprint density at radius 1 is 1.19 bits per heavy atom. The van der Waals surface area contributed by atoms with E-state index in [4.69, 9.17) is 9.15 Å². The Bertz CT molecular complexity index is 1180. The summed E-state index contributed by atoms with van der Waals surface area (Å²) in [5, 5.41) is 0.422. The molecule has 31 heavy (non-hydrogen) atoms. The van der Waals surface area contributed by atoms with Crippen LogP contribution in [0.25, 0.3) is 11.0 Å². The van der Waals surface area contributed by atoms with Crippen LogP contribution >= 0.6 is 0 Å². The fourth-order valence-corrected chi connectivity index (χ4v) is 4.66. The molecule has 0 amide bonds. The zero-order chi connectivity index (χ0) is 22.3. The number of hydrogen-bond donors (Lipinski definition) is 0. The summed E-state index contributed by atoms with van der Waals surface area (Å²) in [5.74, 6) is -0.942. The van der Waals surface area contributed by atoms with Crippen molar-refractivity contribution in [2.75, 3.05) is 6.61 Å². The highest BCUT2D eigenvalue weighted by atomic mass is 16.5. The minimum atomic E-state index is -0.633. The third kappa shape index (κ3) is 3.87. The number of Topliss-reactive ketones (excluding diaryl/α,β-unsaturated/α-hetero) is 1. The highest BCUT2D eigenvalue weighted by Crippen LogP contribution is 2.42. The van der Waals surface area contributed by atoms with Crippen LogP contribution in [-0.2, 0) is 14.3 Å². The summed E-state index contributed by atoms with van der Waals surface area (Å²) in [6.07, 6.45) is 3.29. The second-order valence-electron chi connectivity index (χ2n) is 8.66. The van der Waals surface area contributed by atoms with Crippen LogP contribution in [0.2, 0.25) is 0 Å². The van der Waals surface area contributed by atoms with Gasteiger partial charge in [0.2, 0.25) is 0 Å². The summed E-state index contributed by atoms with van der Waals surface area (Å²) >= 11 is 0. The Kier molecular flexibility index (Phi) is 5.65. The molecule has 1 aliphatic heterocycles. The van der Waals surface area contributed by atoms with Gasteiger partial charge in [0.25, 0.3) is 0 Å². The van der Waals surface area contributed by atoms with Gasteiger partial charge < -0.3 is 9.15 Å². The van der Waals surface area contributed by atoms with Crippen molar-refractivity contribution in [1.29, 1.82) is 0 Å². The van der Waals surface area contributed by atoms with E-state index >= 15 is 0 Å². The summed E-state index contributed by atoms with van der Waals surface area (Å²) in [6.45, 7) is 7.15. The van der Waals surface area contributed by atoms with E-state index < -0.39 is 17.8 Å². The van der Waals surface area contributed by atoms with Gasteiger partial charge in [-0.25, -0.2) is 4.79 Å². The molecule has 1 aliphatic carbocycles. The van der Waals surface area contributed by atoms with Crippen molar-refractivity contribution in [1.82, 2.24) is 0 Å². The van der Waals surface area contributed by atoms with Gasteiger partial charge in [0.05, 0.1) is 23.5 Å². The quantitative estimate of drug-likeness (QED) is 0.665. The van der Waals surface area contributed by atoms with E-state index in [1.807, 2.05) is 6.07 Å². The lowest BCUT2D eigenvalue weighted by atomic mass is 9.73. The standard InChI is InChI=1S/C25H27NO5/c1-13-11-20(28)18-9-6-10-19(24(18)31-13)23-21(16(4)27)14(2)26-15(3)22(23)25(29)30-12-17-7-5-8-17/h6,9-11,17,21,23H,5,7-8,12H2,1-4H3. The first-order valence-electron chi connectivity index (χ1n) is 10.7. The lowest BCUT2D eigenvalue weighted by Crippen LogP contribution is -2.35. The number of ether oxygens (including phenoxy) is 1. The van der Waals surface area contributed by atoms with Crippen molar-refractivity contribution in [2.45, 2.75) is 52.9 Å². The zero-order valence-corrected chi connectivity index (χ0v) is 18.4. The monoisotopic (exact) mass is 421 g/mol. The average molecular weight is 421 g/mol. The van der Waals surface area contributed by atoms with E-state index in [1.165, 1.54) is 13.0 Å². The molecule has 1 aromatic carbocycles. The molecular formula is C25H27NO5. The maximum atomic E-state index is 13.2. The fraction of sp³-hybridized carbons (Fsp3) is 0.440. The van der Waals surface area contributed by atoms with Gasteiger partial charge in [0.15, 0.2) is 5.43 Å². The lowest BCUT2D eigenvalue weighted by Gasteiger charge is -2.32. The van der Waals surface area contributed by atoms with Crippen LogP contribution in [0.5, 0.6) is 0 Å². The molecule has 1 aromatic heterocycles. The van der Waals surface area contributed by atoms with Crippen LogP contribution < -0.4 is 5.43 Å². The highest BCUT2D eigenvalue weighted by Gasteiger charge is 2.41.